The molecule has 19 heavy (non-hydrogen) atoms. The summed E-state index contributed by atoms with van der Waals surface area (Å²) in [5.74, 6) is 1.31. The average molecular weight is 265 g/mol. The van der Waals surface area contributed by atoms with Crippen LogP contribution in [-0.4, -0.2) is 35.0 Å². The molecule has 1 aromatic rings. The van der Waals surface area contributed by atoms with E-state index in [2.05, 4.69) is 15.3 Å². The van der Waals surface area contributed by atoms with E-state index in [9.17, 15) is 10.1 Å². The number of nitrogens with one attached hydrogen (secondary N) is 1. The van der Waals surface area contributed by atoms with Crippen molar-refractivity contribution in [2.45, 2.75) is 26.2 Å². The van der Waals surface area contributed by atoms with Crippen LogP contribution in [0.4, 0.5) is 17.3 Å². The van der Waals surface area contributed by atoms with Crippen molar-refractivity contribution in [2.75, 3.05) is 30.4 Å². The lowest BCUT2D eigenvalue weighted by molar-refractivity contribution is -0.383. The van der Waals surface area contributed by atoms with Gasteiger partial charge < -0.3 is 10.2 Å². The summed E-state index contributed by atoms with van der Waals surface area (Å²) < 4.78 is 0. The number of aromatic nitrogens is 2. The summed E-state index contributed by atoms with van der Waals surface area (Å²) in [7, 11) is 1.63. The van der Waals surface area contributed by atoms with Crippen LogP contribution in [0.25, 0.3) is 0 Å². The summed E-state index contributed by atoms with van der Waals surface area (Å²) in [6.45, 7) is 3.53. The third-order valence-corrected chi connectivity index (χ3v) is 3.61. The number of hydrogen-bond donors (Lipinski definition) is 1. The smallest absolute Gasteiger partial charge is 0.353 e. The van der Waals surface area contributed by atoms with Gasteiger partial charge in [0.25, 0.3) is 0 Å². The highest BCUT2D eigenvalue weighted by Gasteiger charge is 2.28. The summed E-state index contributed by atoms with van der Waals surface area (Å²) in [4.78, 5) is 20.9. The van der Waals surface area contributed by atoms with E-state index in [1.165, 1.54) is 25.6 Å². The van der Waals surface area contributed by atoms with Crippen LogP contribution >= 0.6 is 0 Å². The first kappa shape index (κ1) is 13.5. The molecule has 1 saturated carbocycles. The van der Waals surface area contributed by atoms with Crippen molar-refractivity contribution in [2.24, 2.45) is 5.92 Å². The molecule has 1 heterocycles. The minimum absolute atomic E-state index is 0.0360. The molecule has 1 aromatic heterocycles. The van der Waals surface area contributed by atoms with Gasteiger partial charge in [0, 0.05) is 20.1 Å². The molecule has 0 aromatic carbocycles. The van der Waals surface area contributed by atoms with Gasteiger partial charge in [-0.25, -0.2) is 9.97 Å². The van der Waals surface area contributed by atoms with Crippen LogP contribution in [0, 0.1) is 16.0 Å². The molecule has 0 spiro atoms. The average Bonchev–Trinajstić information content (AvgIpc) is 2.36. The van der Waals surface area contributed by atoms with Crippen LogP contribution in [0.5, 0.6) is 0 Å². The largest absolute Gasteiger partial charge is 0.367 e. The Bertz CT molecular complexity index is 461. The van der Waals surface area contributed by atoms with Crippen LogP contribution < -0.4 is 10.2 Å². The summed E-state index contributed by atoms with van der Waals surface area (Å²) in [5, 5.41) is 14.0. The Kier molecular flexibility index (Phi) is 4.13. The Balaban J connectivity index is 2.32. The quantitative estimate of drug-likeness (QED) is 0.626. The van der Waals surface area contributed by atoms with Crippen LogP contribution in [0.2, 0.25) is 0 Å². The first-order chi connectivity index (χ1) is 9.17. The van der Waals surface area contributed by atoms with Gasteiger partial charge in [0.05, 0.1) is 4.92 Å². The molecule has 1 fully saturated rings. The van der Waals surface area contributed by atoms with Gasteiger partial charge in [0.15, 0.2) is 0 Å². The lowest BCUT2D eigenvalue weighted by Crippen LogP contribution is -2.33. The molecule has 0 aliphatic heterocycles. The molecule has 0 radical (unpaired) electrons. The Morgan fingerprint density at radius 2 is 2.26 bits per heavy atom. The molecule has 1 aliphatic rings. The number of nitro groups is 1. The highest BCUT2D eigenvalue weighted by atomic mass is 16.6. The maximum atomic E-state index is 11.3. The molecule has 0 saturated heterocycles. The van der Waals surface area contributed by atoms with E-state index in [1.54, 1.807) is 7.05 Å². The predicted octanol–water partition coefficient (Wildman–Crippen LogP) is 2.05. The lowest BCUT2D eigenvalue weighted by Gasteiger charge is -2.32. The number of anilines is 2. The SMILES string of the molecule is CCN(CC1CCC1)c1ncnc(NC)c1[N+](=O)[O-]. The Morgan fingerprint density at radius 3 is 2.74 bits per heavy atom. The van der Waals surface area contributed by atoms with E-state index in [0.29, 0.717) is 18.3 Å². The van der Waals surface area contributed by atoms with E-state index >= 15 is 0 Å². The van der Waals surface area contributed by atoms with E-state index in [1.807, 2.05) is 11.8 Å². The Morgan fingerprint density at radius 1 is 1.53 bits per heavy atom. The molecule has 1 aliphatic carbocycles. The minimum atomic E-state index is -0.412. The predicted molar refractivity (Wildman–Crippen MR) is 73.5 cm³/mol. The zero-order valence-electron chi connectivity index (χ0n) is 11.3. The maximum absolute atomic E-state index is 11.3. The standard InChI is InChI=1S/C12H19N5O2/c1-3-16(7-9-5-4-6-9)12-10(17(18)19)11(13-2)14-8-15-12/h8-9H,3-7H2,1-2H3,(H,13,14,15). The fourth-order valence-corrected chi connectivity index (χ4v) is 2.30. The second-order valence-electron chi connectivity index (χ2n) is 4.74. The molecule has 0 unspecified atom stereocenters. The van der Waals surface area contributed by atoms with Crippen molar-refractivity contribution < 1.29 is 4.92 Å². The fraction of sp³-hybridized carbons (Fsp3) is 0.667. The molecule has 1 N–H and O–H groups in total. The summed E-state index contributed by atoms with van der Waals surface area (Å²) >= 11 is 0. The first-order valence-corrected chi connectivity index (χ1v) is 6.59. The Hall–Kier alpha value is -1.92. The van der Waals surface area contributed by atoms with Gasteiger partial charge in [-0.1, -0.05) is 6.42 Å². The van der Waals surface area contributed by atoms with Gasteiger partial charge in [-0.15, -0.1) is 0 Å². The van der Waals surface area contributed by atoms with Gasteiger partial charge in [0.2, 0.25) is 11.6 Å². The third-order valence-electron chi connectivity index (χ3n) is 3.61. The second kappa shape index (κ2) is 5.81. The zero-order valence-corrected chi connectivity index (χ0v) is 11.3. The van der Waals surface area contributed by atoms with Crippen molar-refractivity contribution in [1.29, 1.82) is 0 Å². The van der Waals surface area contributed by atoms with Crippen LogP contribution in [-0.2, 0) is 0 Å². The normalized spacial score (nSPS) is 14.8. The first-order valence-electron chi connectivity index (χ1n) is 6.59. The number of rotatable bonds is 6. The van der Waals surface area contributed by atoms with Gasteiger partial charge in [-0.05, 0) is 25.7 Å². The van der Waals surface area contributed by atoms with Crippen molar-refractivity contribution in [3.05, 3.63) is 16.4 Å². The zero-order chi connectivity index (χ0) is 13.8. The minimum Gasteiger partial charge on any atom is -0.367 e. The molecule has 2 rings (SSSR count). The van der Waals surface area contributed by atoms with Crippen molar-refractivity contribution >= 4 is 17.3 Å². The molecule has 7 nitrogen and oxygen atoms in total. The Labute approximate surface area is 112 Å². The molecular formula is C12H19N5O2. The summed E-state index contributed by atoms with van der Waals surface area (Å²) in [6, 6.07) is 0. The van der Waals surface area contributed by atoms with E-state index in [-0.39, 0.29) is 11.5 Å². The molecule has 0 bridgehead atoms. The summed E-state index contributed by atoms with van der Waals surface area (Å²) in [5.41, 5.74) is -0.0360. The van der Waals surface area contributed by atoms with E-state index < -0.39 is 4.92 Å². The van der Waals surface area contributed by atoms with Crippen LogP contribution in [0.3, 0.4) is 0 Å². The number of hydrogen-bond acceptors (Lipinski definition) is 6. The topological polar surface area (TPSA) is 84.2 Å². The summed E-state index contributed by atoms with van der Waals surface area (Å²) in [6.07, 6.45) is 5.04. The molecule has 0 amide bonds. The molecule has 7 heteroatoms. The van der Waals surface area contributed by atoms with Crippen LogP contribution in [0.1, 0.15) is 26.2 Å². The molecular weight excluding hydrogens is 246 g/mol. The highest BCUT2D eigenvalue weighted by molar-refractivity contribution is 5.70. The van der Waals surface area contributed by atoms with Gasteiger partial charge in [-0.2, -0.15) is 0 Å². The van der Waals surface area contributed by atoms with Gasteiger partial charge >= 0.3 is 5.69 Å². The van der Waals surface area contributed by atoms with E-state index in [4.69, 9.17) is 0 Å². The molecule has 0 atom stereocenters. The molecule has 104 valence electrons. The van der Waals surface area contributed by atoms with Gasteiger partial charge in [-0.3, -0.25) is 10.1 Å². The highest BCUT2D eigenvalue weighted by Crippen LogP contribution is 2.34. The third kappa shape index (κ3) is 2.74. The maximum Gasteiger partial charge on any atom is 0.353 e. The second-order valence-corrected chi connectivity index (χ2v) is 4.74. The van der Waals surface area contributed by atoms with Gasteiger partial charge in [0.1, 0.15) is 6.33 Å². The number of nitrogens with zero attached hydrogens (tertiary/aromatic N) is 4. The van der Waals surface area contributed by atoms with Crippen molar-refractivity contribution in [1.82, 2.24) is 9.97 Å². The van der Waals surface area contributed by atoms with E-state index in [0.717, 1.165) is 6.54 Å². The van der Waals surface area contributed by atoms with Crippen molar-refractivity contribution in [3.8, 4) is 0 Å². The lowest BCUT2D eigenvalue weighted by atomic mass is 9.85. The van der Waals surface area contributed by atoms with Crippen LogP contribution in [0.15, 0.2) is 6.33 Å². The fourth-order valence-electron chi connectivity index (χ4n) is 2.30. The van der Waals surface area contributed by atoms with Crippen molar-refractivity contribution in [3.63, 3.8) is 0 Å². The monoisotopic (exact) mass is 265 g/mol.